The Morgan fingerprint density at radius 3 is 2.67 bits per heavy atom. The predicted molar refractivity (Wildman–Crippen MR) is 95.5 cm³/mol. The summed E-state index contributed by atoms with van der Waals surface area (Å²) >= 11 is 0. The lowest BCUT2D eigenvalue weighted by atomic mass is 10.1. The van der Waals surface area contributed by atoms with Crippen molar-refractivity contribution in [3.8, 4) is 11.5 Å². The van der Waals surface area contributed by atoms with Crippen molar-refractivity contribution in [3.63, 3.8) is 0 Å². The zero-order chi connectivity index (χ0) is 17.2. The number of unbranched alkanes of at least 4 members (excludes halogenated alkanes) is 2. The summed E-state index contributed by atoms with van der Waals surface area (Å²) in [6.07, 6.45) is 8.81. The number of methoxy groups -OCH3 is 1. The van der Waals surface area contributed by atoms with Crippen LogP contribution in [0, 0.1) is 0 Å². The van der Waals surface area contributed by atoms with Crippen LogP contribution in [-0.4, -0.2) is 25.3 Å². The second kappa shape index (κ2) is 9.75. The number of allylic oxidation sites excluding steroid dienone is 2. The Bertz CT molecular complexity index is 591. The zero-order valence-corrected chi connectivity index (χ0v) is 14.5. The number of carbonyl (C=O) groups excluding carboxylic acids is 1. The van der Waals surface area contributed by atoms with E-state index in [2.05, 4.69) is 23.5 Å². The number of carbonyl (C=O) groups is 1. The van der Waals surface area contributed by atoms with Gasteiger partial charge >= 0.3 is 0 Å². The van der Waals surface area contributed by atoms with Gasteiger partial charge in [0.05, 0.1) is 12.8 Å². The molecule has 5 heteroatoms. The fourth-order valence-corrected chi connectivity index (χ4v) is 2.58. The van der Waals surface area contributed by atoms with Crippen molar-refractivity contribution in [2.45, 2.75) is 45.4 Å². The lowest BCUT2D eigenvalue weighted by Crippen LogP contribution is -2.25. The zero-order valence-electron chi connectivity index (χ0n) is 14.5. The molecule has 0 bridgehead atoms. The third kappa shape index (κ3) is 5.72. The van der Waals surface area contributed by atoms with Gasteiger partial charge in [0.25, 0.3) is 5.91 Å². The van der Waals surface area contributed by atoms with Crippen LogP contribution in [0.5, 0.6) is 11.5 Å². The Morgan fingerprint density at radius 1 is 1.21 bits per heavy atom. The van der Waals surface area contributed by atoms with Gasteiger partial charge in [-0.15, -0.1) is 0 Å². The molecule has 0 saturated carbocycles. The molecule has 1 aromatic rings. The van der Waals surface area contributed by atoms with E-state index in [4.69, 9.17) is 9.47 Å². The minimum atomic E-state index is -0.252. The SMILES string of the molecule is CCCCCC1=CCC/C1=N\NC(=O)COc1ccc(OC)cc1. The number of ether oxygens (including phenoxy) is 2. The van der Waals surface area contributed by atoms with Crippen molar-refractivity contribution in [1.29, 1.82) is 0 Å². The summed E-state index contributed by atoms with van der Waals surface area (Å²) < 4.78 is 10.5. The monoisotopic (exact) mass is 330 g/mol. The second-order valence-electron chi connectivity index (χ2n) is 5.78. The molecule has 1 amide bonds. The molecule has 0 aromatic heterocycles. The van der Waals surface area contributed by atoms with E-state index in [0.29, 0.717) is 5.75 Å². The van der Waals surface area contributed by atoms with E-state index in [1.807, 2.05) is 0 Å². The van der Waals surface area contributed by atoms with Crippen LogP contribution >= 0.6 is 0 Å². The van der Waals surface area contributed by atoms with Gasteiger partial charge in [-0.25, -0.2) is 5.43 Å². The fraction of sp³-hybridized carbons (Fsp3) is 0.474. The van der Waals surface area contributed by atoms with Gasteiger partial charge < -0.3 is 9.47 Å². The molecule has 0 radical (unpaired) electrons. The van der Waals surface area contributed by atoms with Crippen LogP contribution in [0.4, 0.5) is 0 Å². The molecule has 5 nitrogen and oxygen atoms in total. The van der Waals surface area contributed by atoms with Gasteiger partial charge in [0.1, 0.15) is 11.5 Å². The van der Waals surface area contributed by atoms with Crippen molar-refractivity contribution in [2.75, 3.05) is 13.7 Å². The smallest absolute Gasteiger partial charge is 0.277 e. The topological polar surface area (TPSA) is 59.9 Å². The second-order valence-corrected chi connectivity index (χ2v) is 5.78. The Morgan fingerprint density at radius 2 is 1.96 bits per heavy atom. The van der Waals surface area contributed by atoms with Crippen molar-refractivity contribution in [1.82, 2.24) is 5.43 Å². The summed E-state index contributed by atoms with van der Waals surface area (Å²) in [7, 11) is 1.61. The molecule has 24 heavy (non-hydrogen) atoms. The van der Waals surface area contributed by atoms with Gasteiger partial charge in [0.2, 0.25) is 0 Å². The summed E-state index contributed by atoms with van der Waals surface area (Å²) in [5.74, 6) is 1.12. The predicted octanol–water partition coefficient (Wildman–Crippen LogP) is 3.85. The molecule has 0 atom stereocenters. The third-order valence-electron chi connectivity index (χ3n) is 3.94. The van der Waals surface area contributed by atoms with Crippen molar-refractivity contribution in [2.24, 2.45) is 5.10 Å². The summed E-state index contributed by atoms with van der Waals surface area (Å²) in [5, 5.41) is 4.27. The summed E-state index contributed by atoms with van der Waals surface area (Å²) in [6, 6.07) is 7.12. The van der Waals surface area contributed by atoms with Crippen LogP contribution in [0.1, 0.15) is 45.4 Å². The number of benzene rings is 1. The maximum Gasteiger partial charge on any atom is 0.277 e. The van der Waals surface area contributed by atoms with Crippen molar-refractivity contribution >= 4 is 11.6 Å². The highest BCUT2D eigenvalue weighted by Gasteiger charge is 2.13. The highest BCUT2D eigenvalue weighted by atomic mass is 16.5. The van der Waals surface area contributed by atoms with Crippen molar-refractivity contribution < 1.29 is 14.3 Å². The number of nitrogens with zero attached hydrogens (tertiary/aromatic N) is 1. The van der Waals surface area contributed by atoms with E-state index in [1.54, 1.807) is 31.4 Å². The van der Waals surface area contributed by atoms with Gasteiger partial charge in [0.15, 0.2) is 6.61 Å². The molecular formula is C19H26N2O3. The first-order valence-corrected chi connectivity index (χ1v) is 8.54. The molecule has 0 spiro atoms. The average Bonchev–Trinajstić information content (AvgIpc) is 3.06. The molecule has 1 aliphatic carbocycles. The molecule has 2 rings (SSSR count). The van der Waals surface area contributed by atoms with E-state index < -0.39 is 0 Å². The lowest BCUT2D eigenvalue weighted by Gasteiger charge is -2.07. The van der Waals surface area contributed by atoms with E-state index >= 15 is 0 Å². The molecule has 1 aliphatic rings. The fourth-order valence-electron chi connectivity index (χ4n) is 2.58. The Balaban J connectivity index is 1.76. The molecule has 0 heterocycles. The molecule has 1 aromatic carbocycles. The number of amides is 1. The molecule has 0 unspecified atom stereocenters. The lowest BCUT2D eigenvalue weighted by molar-refractivity contribution is -0.123. The quantitative estimate of drug-likeness (QED) is 0.553. The summed E-state index contributed by atoms with van der Waals surface area (Å²) in [4.78, 5) is 11.9. The van der Waals surface area contributed by atoms with Crippen molar-refractivity contribution in [3.05, 3.63) is 35.9 Å². The van der Waals surface area contributed by atoms with Crippen LogP contribution < -0.4 is 14.9 Å². The highest BCUT2D eigenvalue weighted by Crippen LogP contribution is 2.21. The van der Waals surface area contributed by atoms with E-state index in [-0.39, 0.29) is 12.5 Å². The summed E-state index contributed by atoms with van der Waals surface area (Å²) in [5.41, 5.74) is 4.88. The molecular weight excluding hydrogens is 304 g/mol. The third-order valence-corrected chi connectivity index (χ3v) is 3.94. The van der Waals surface area contributed by atoms with Gasteiger partial charge in [-0.1, -0.05) is 25.8 Å². The van der Waals surface area contributed by atoms with Crippen LogP contribution in [0.15, 0.2) is 41.0 Å². The first kappa shape index (κ1) is 18.0. The molecule has 0 fully saturated rings. The number of nitrogens with one attached hydrogen (secondary N) is 1. The Labute approximate surface area is 143 Å². The highest BCUT2D eigenvalue weighted by molar-refractivity contribution is 6.02. The van der Waals surface area contributed by atoms with Crippen LogP contribution in [0.3, 0.4) is 0 Å². The molecule has 130 valence electrons. The minimum absolute atomic E-state index is 0.0575. The van der Waals surface area contributed by atoms with Gasteiger partial charge in [-0.3, -0.25) is 4.79 Å². The average molecular weight is 330 g/mol. The Kier molecular flexibility index (Phi) is 7.33. The Hall–Kier alpha value is -2.30. The van der Waals surface area contributed by atoms with E-state index in [9.17, 15) is 4.79 Å². The van der Waals surface area contributed by atoms with Gasteiger partial charge in [-0.05, 0) is 55.5 Å². The van der Waals surface area contributed by atoms with Crippen LogP contribution in [0.25, 0.3) is 0 Å². The van der Waals surface area contributed by atoms with E-state index in [0.717, 1.165) is 30.7 Å². The van der Waals surface area contributed by atoms with Crippen LogP contribution in [0.2, 0.25) is 0 Å². The van der Waals surface area contributed by atoms with Gasteiger partial charge in [-0.2, -0.15) is 5.10 Å². The first-order valence-electron chi connectivity index (χ1n) is 8.54. The number of rotatable bonds is 9. The molecule has 0 saturated heterocycles. The largest absolute Gasteiger partial charge is 0.497 e. The summed E-state index contributed by atoms with van der Waals surface area (Å²) in [6.45, 7) is 2.14. The van der Waals surface area contributed by atoms with Gasteiger partial charge in [0, 0.05) is 0 Å². The minimum Gasteiger partial charge on any atom is -0.497 e. The normalized spacial score (nSPS) is 15.2. The first-order chi connectivity index (χ1) is 11.7. The number of hydrogen-bond donors (Lipinski definition) is 1. The number of hydrazone groups is 1. The molecule has 0 aliphatic heterocycles. The maximum absolute atomic E-state index is 11.9. The molecule has 1 N–H and O–H groups in total. The maximum atomic E-state index is 11.9. The standard InChI is InChI=1S/C19H26N2O3/c1-3-4-5-7-15-8-6-9-18(15)20-21-19(22)14-24-17-12-10-16(23-2)11-13-17/h8,10-13H,3-7,9,14H2,1-2H3,(H,21,22)/b20-18+. The van der Waals surface area contributed by atoms with Crippen LogP contribution in [-0.2, 0) is 4.79 Å². The number of hydrogen-bond acceptors (Lipinski definition) is 4. The van der Waals surface area contributed by atoms with E-state index in [1.165, 1.54) is 24.8 Å².